The Balaban J connectivity index is 1.99. The first-order chi connectivity index (χ1) is 11.5. The summed E-state index contributed by atoms with van der Waals surface area (Å²) in [6, 6.07) is 5.79. The standard InChI is InChI=1S/C21H31N3S/c1-14-10-17(25)7-8-18(14)19(23)9-6-16(22)11-15-12-20(2,3)24-21(4,5)13-15/h6-10,15,22-25H,11-13H2,1-5H3/b9-6-,22-16?,23-19?. The van der Waals surface area contributed by atoms with E-state index in [-0.39, 0.29) is 11.1 Å². The van der Waals surface area contributed by atoms with Gasteiger partial charge in [-0.15, -0.1) is 12.6 Å². The first kappa shape index (κ1) is 19.9. The third kappa shape index (κ3) is 5.82. The van der Waals surface area contributed by atoms with Gasteiger partial charge < -0.3 is 16.1 Å². The molecule has 4 heteroatoms. The van der Waals surface area contributed by atoms with Gasteiger partial charge in [0.2, 0.25) is 0 Å². The summed E-state index contributed by atoms with van der Waals surface area (Å²) in [6.07, 6.45) is 6.46. The average molecular weight is 358 g/mol. The molecule has 136 valence electrons. The lowest BCUT2D eigenvalue weighted by Crippen LogP contribution is -2.57. The predicted octanol–water partition coefficient (Wildman–Crippen LogP) is 5.17. The molecule has 0 unspecified atom stereocenters. The fourth-order valence-corrected chi connectivity index (χ4v) is 4.55. The number of hydrogen-bond acceptors (Lipinski definition) is 4. The van der Waals surface area contributed by atoms with Crippen molar-refractivity contribution in [3.8, 4) is 0 Å². The molecule has 3 N–H and O–H groups in total. The van der Waals surface area contributed by atoms with Gasteiger partial charge in [-0.2, -0.15) is 0 Å². The molecule has 3 nitrogen and oxygen atoms in total. The van der Waals surface area contributed by atoms with Gasteiger partial charge in [0.05, 0.1) is 5.71 Å². The van der Waals surface area contributed by atoms with E-state index in [1.165, 1.54) is 0 Å². The number of thiol groups is 1. The van der Waals surface area contributed by atoms with Gasteiger partial charge in [-0.05, 0) is 89.6 Å². The van der Waals surface area contributed by atoms with E-state index >= 15 is 0 Å². The van der Waals surface area contributed by atoms with Crippen LogP contribution in [0.25, 0.3) is 0 Å². The molecular weight excluding hydrogens is 326 g/mol. The Kier molecular flexibility index (Phi) is 5.95. The molecule has 0 spiro atoms. The van der Waals surface area contributed by atoms with Crippen LogP contribution in [0.15, 0.2) is 35.2 Å². The van der Waals surface area contributed by atoms with E-state index in [0.29, 0.717) is 17.3 Å². The van der Waals surface area contributed by atoms with Gasteiger partial charge in [0, 0.05) is 27.2 Å². The summed E-state index contributed by atoms with van der Waals surface area (Å²) in [5, 5.41) is 20.3. The van der Waals surface area contributed by atoms with Crippen LogP contribution in [0.3, 0.4) is 0 Å². The molecule has 1 saturated heterocycles. The molecule has 0 amide bonds. The Bertz CT molecular complexity index is 685. The van der Waals surface area contributed by atoms with Crippen molar-refractivity contribution in [2.24, 2.45) is 5.92 Å². The number of nitrogens with one attached hydrogen (secondary N) is 3. The van der Waals surface area contributed by atoms with Crippen molar-refractivity contribution < 1.29 is 0 Å². The second-order valence-electron chi connectivity index (χ2n) is 8.64. The Hall–Kier alpha value is -1.39. The topological polar surface area (TPSA) is 59.7 Å². The van der Waals surface area contributed by atoms with E-state index in [1.807, 2.05) is 25.1 Å². The summed E-state index contributed by atoms with van der Waals surface area (Å²) < 4.78 is 0. The molecular formula is C21H31N3S. The van der Waals surface area contributed by atoms with E-state index in [9.17, 15) is 0 Å². The van der Waals surface area contributed by atoms with Gasteiger partial charge in [-0.25, -0.2) is 0 Å². The molecule has 0 aliphatic carbocycles. The summed E-state index contributed by atoms with van der Waals surface area (Å²) in [5.74, 6) is 0.503. The summed E-state index contributed by atoms with van der Waals surface area (Å²) in [7, 11) is 0. The highest BCUT2D eigenvalue weighted by Crippen LogP contribution is 2.34. The van der Waals surface area contributed by atoms with Crippen LogP contribution in [0, 0.1) is 23.7 Å². The van der Waals surface area contributed by atoms with Crippen LogP contribution in [-0.2, 0) is 0 Å². The molecule has 1 fully saturated rings. The zero-order chi connectivity index (χ0) is 18.8. The van der Waals surface area contributed by atoms with Gasteiger partial charge in [-0.1, -0.05) is 6.07 Å². The quantitative estimate of drug-likeness (QED) is 0.426. The van der Waals surface area contributed by atoms with E-state index < -0.39 is 0 Å². The second kappa shape index (κ2) is 7.46. The Morgan fingerprint density at radius 1 is 1.16 bits per heavy atom. The Morgan fingerprint density at radius 2 is 1.76 bits per heavy atom. The highest BCUT2D eigenvalue weighted by atomic mass is 32.1. The zero-order valence-corrected chi connectivity index (χ0v) is 16.9. The third-order valence-corrected chi connectivity index (χ3v) is 5.01. The zero-order valence-electron chi connectivity index (χ0n) is 16.0. The normalized spacial score (nSPS) is 19.9. The van der Waals surface area contributed by atoms with E-state index in [4.69, 9.17) is 10.8 Å². The smallest absolute Gasteiger partial charge is 0.0615 e. The molecule has 25 heavy (non-hydrogen) atoms. The van der Waals surface area contributed by atoms with Crippen LogP contribution in [0.5, 0.6) is 0 Å². The monoisotopic (exact) mass is 357 g/mol. The van der Waals surface area contributed by atoms with Crippen molar-refractivity contribution in [3.63, 3.8) is 0 Å². The number of piperidine rings is 1. The first-order valence-electron chi connectivity index (χ1n) is 8.91. The Morgan fingerprint density at radius 3 is 2.32 bits per heavy atom. The maximum atomic E-state index is 8.31. The maximum absolute atomic E-state index is 8.31. The summed E-state index contributed by atoms with van der Waals surface area (Å²) in [6.45, 7) is 10.9. The van der Waals surface area contributed by atoms with Crippen molar-refractivity contribution >= 4 is 24.1 Å². The maximum Gasteiger partial charge on any atom is 0.0615 e. The van der Waals surface area contributed by atoms with Gasteiger partial charge in [0.15, 0.2) is 0 Å². The van der Waals surface area contributed by atoms with Gasteiger partial charge in [-0.3, -0.25) is 0 Å². The van der Waals surface area contributed by atoms with E-state index in [2.05, 4.69) is 45.6 Å². The fraction of sp³-hybridized carbons (Fsp3) is 0.524. The van der Waals surface area contributed by atoms with Crippen molar-refractivity contribution in [1.82, 2.24) is 5.32 Å². The molecule has 1 aliphatic rings. The highest BCUT2D eigenvalue weighted by Gasteiger charge is 2.37. The Labute approximate surface area is 157 Å². The van der Waals surface area contributed by atoms with Gasteiger partial charge in [0.1, 0.15) is 0 Å². The average Bonchev–Trinajstić information content (AvgIpc) is 2.41. The van der Waals surface area contributed by atoms with E-state index in [0.717, 1.165) is 35.3 Å². The lowest BCUT2D eigenvalue weighted by Gasteiger charge is -2.46. The fourth-order valence-electron chi connectivity index (χ4n) is 4.28. The second-order valence-corrected chi connectivity index (χ2v) is 9.16. The van der Waals surface area contributed by atoms with Crippen molar-refractivity contribution in [1.29, 1.82) is 10.8 Å². The number of aryl methyl sites for hydroxylation is 1. The van der Waals surface area contributed by atoms with Crippen LogP contribution in [0.4, 0.5) is 0 Å². The largest absolute Gasteiger partial charge is 0.307 e. The van der Waals surface area contributed by atoms with Crippen molar-refractivity contribution in [2.45, 2.75) is 69.9 Å². The number of benzene rings is 1. The number of allylic oxidation sites excluding steroid dienone is 2. The summed E-state index contributed by atoms with van der Waals surface area (Å²) in [4.78, 5) is 0.905. The third-order valence-electron chi connectivity index (χ3n) is 4.73. The molecule has 0 aromatic heterocycles. The van der Waals surface area contributed by atoms with Crippen LogP contribution < -0.4 is 5.32 Å². The lowest BCUT2D eigenvalue weighted by molar-refractivity contribution is 0.132. The predicted molar refractivity (Wildman–Crippen MR) is 111 cm³/mol. The molecule has 0 bridgehead atoms. The summed E-state index contributed by atoms with van der Waals surface area (Å²) >= 11 is 4.33. The van der Waals surface area contributed by atoms with Crippen LogP contribution in [-0.4, -0.2) is 22.5 Å². The molecule has 0 atom stereocenters. The van der Waals surface area contributed by atoms with Crippen molar-refractivity contribution in [3.05, 3.63) is 41.5 Å². The minimum atomic E-state index is 0.106. The van der Waals surface area contributed by atoms with Gasteiger partial charge in [0.25, 0.3) is 0 Å². The molecule has 2 rings (SSSR count). The minimum Gasteiger partial charge on any atom is -0.307 e. The molecule has 0 saturated carbocycles. The minimum absolute atomic E-state index is 0.106. The first-order valence-corrected chi connectivity index (χ1v) is 9.35. The number of hydrogen-bond donors (Lipinski definition) is 4. The number of rotatable bonds is 5. The highest BCUT2D eigenvalue weighted by molar-refractivity contribution is 7.80. The molecule has 1 aliphatic heterocycles. The molecule has 1 aromatic rings. The van der Waals surface area contributed by atoms with Crippen LogP contribution >= 0.6 is 12.6 Å². The van der Waals surface area contributed by atoms with Crippen LogP contribution in [0.1, 0.15) is 58.1 Å². The molecule has 1 heterocycles. The lowest BCUT2D eigenvalue weighted by atomic mass is 9.74. The molecule has 0 radical (unpaired) electrons. The summed E-state index contributed by atoms with van der Waals surface area (Å²) in [5.41, 5.74) is 3.19. The van der Waals surface area contributed by atoms with Crippen molar-refractivity contribution in [2.75, 3.05) is 0 Å². The van der Waals surface area contributed by atoms with Gasteiger partial charge >= 0.3 is 0 Å². The molecule has 1 aromatic carbocycles. The van der Waals surface area contributed by atoms with Crippen LogP contribution in [0.2, 0.25) is 0 Å². The van der Waals surface area contributed by atoms with E-state index in [1.54, 1.807) is 12.2 Å². The SMILES string of the molecule is Cc1cc(S)ccc1C(=N)/C=C\C(=N)CC1CC(C)(C)NC(C)(C)C1.